The molecule has 0 radical (unpaired) electrons. The number of non-ortho nitro benzene ring substituents is 1. The Morgan fingerprint density at radius 1 is 0.947 bits per heavy atom. The summed E-state index contributed by atoms with van der Waals surface area (Å²) in [6.45, 7) is 0. The predicted molar refractivity (Wildman–Crippen MR) is 215 cm³/mol. The molecule has 0 saturated carbocycles. The maximum Gasteiger partial charge on any atom is 0.294 e. The summed E-state index contributed by atoms with van der Waals surface area (Å²) in [4.78, 5) is 25.4. The Labute approximate surface area is 346 Å². The first kappa shape index (κ1) is 40.0. The van der Waals surface area contributed by atoms with Crippen LogP contribution in [0.25, 0.3) is 27.2 Å². The number of carbonyl (C=O) groups is 1. The molecule has 6 aromatic carbocycles. The van der Waals surface area contributed by atoms with Gasteiger partial charge in [0.2, 0.25) is 5.16 Å². The molecule has 7 aromatic rings. The maximum absolute atomic E-state index is 13.8. The van der Waals surface area contributed by atoms with Crippen LogP contribution < -0.4 is 10.1 Å². The molecule has 0 spiro atoms. The topological polar surface area (TPSA) is 238 Å². The largest absolute Gasteiger partial charge is 0.505 e. The SMILES string of the molecule is O=C(Nc1cc(Oc2c(CSc3nnnn3-c3ccccc3)cc([N+](=O)[O-])c3ccccc23)c2c(SOOO)cccc2c1O)c1c(Br)cc(S(=O)(=O)O)cc1Br. The second-order valence-electron chi connectivity index (χ2n) is 11.7. The highest BCUT2D eigenvalue weighted by atomic mass is 79.9. The number of nitro groups is 1. The van der Waals surface area contributed by atoms with Crippen LogP contribution in [0, 0.1) is 10.1 Å². The zero-order chi connectivity index (χ0) is 40.4. The van der Waals surface area contributed by atoms with Crippen LogP contribution in [0.1, 0.15) is 15.9 Å². The third kappa shape index (κ3) is 8.30. The van der Waals surface area contributed by atoms with Gasteiger partial charge in [-0.3, -0.25) is 19.5 Å². The number of rotatable bonds is 13. The maximum atomic E-state index is 13.8. The normalized spacial score (nSPS) is 11.6. The van der Waals surface area contributed by atoms with E-state index in [0.29, 0.717) is 33.8 Å². The van der Waals surface area contributed by atoms with E-state index in [1.807, 2.05) is 30.3 Å². The van der Waals surface area contributed by atoms with Crippen LogP contribution in [0.5, 0.6) is 17.2 Å². The summed E-state index contributed by atoms with van der Waals surface area (Å²) >= 11 is 8.13. The number of aromatic hydroxyl groups is 1. The van der Waals surface area contributed by atoms with Crippen molar-refractivity contribution in [2.24, 2.45) is 0 Å². The Kier molecular flexibility index (Phi) is 11.8. The van der Waals surface area contributed by atoms with E-state index in [4.69, 9.17) is 14.3 Å². The molecule has 290 valence electrons. The van der Waals surface area contributed by atoms with E-state index < -0.39 is 31.6 Å². The first-order chi connectivity index (χ1) is 27.3. The van der Waals surface area contributed by atoms with Gasteiger partial charge in [-0.2, -0.15) is 13.1 Å². The van der Waals surface area contributed by atoms with E-state index in [2.05, 4.69) is 57.7 Å². The van der Waals surface area contributed by atoms with Crippen molar-refractivity contribution in [3.63, 3.8) is 0 Å². The predicted octanol–water partition coefficient (Wildman–Crippen LogP) is 9.12. The summed E-state index contributed by atoms with van der Waals surface area (Å²) in [5, 5.41) is 52.8. The Bertz CT molecular complexity index is 2810. The van der Waals surface area contributed by atoms with Gasteiger partial charge in [0.25, 0.3) is 21.7 Å². The lowest BCUT2D eigenvalue weighted by atomic mass is 10.0. The average Bonchev–Trinajstić information content (AvgIpc) is 3.66. The first-order valence-corrected chi connectivity index (χ1v) is 20.7. The Morgan fingerprint density at radius 2 is 1.63 bits per heavy atom. The van der Waals surface area contributed by atoms with Gasteiger partial charge >= 0.3 is 0 Å². The van der Waals surface area contributed by atoms with Crippen LogP contribution in [0.15, 0.2) is 121 Å². The zero-order valence-electron chi connectivity index (χ0n) is 28.3. The second kappa shape index (κ2) is 16.7. The molecule has 0 aliphatic rings. The summed E-state index contributed by atoms with van der Waals surface area (Å²) in [7, 11) is -4.62. The number of phenols is 1. The van der Waals surface area contributed by atoms with Gasteiger partial charge in [0.1, 0.15) is 17.2 Å². The fraction of sp³-hybridized carbons (Fsp3) is 0.0286. The van der Waals surface area contributed by atoms with Gasteiger partial charge in [0.15, 0.2) is 0 Å². The number of ether oxygens (including phenoxy) is 1. The smallest absolute Gasteiger partial charge is 0.294 e. The molecule has 0 atom stereocenters. The van der Waals surface area contributed by atoms with Crippen LogP contribution in [0.4, 0.5) is 11.4 Å². The number of thioether (sulfide) groups is 1. The van der Waals surface area contributed by atoms with Gasteiger partial charge in [0.05, 0.1) is 49.1 Å². The summed E-state index contributed by atoms with van der Waals surface area (Å²) < 4.78 is 46.1. The van der Waals surface area contributed by atoms with Crippen molar-refractivity contribution in [1.82, 2.24) is 20.2 Å². The van der Waals surface area contributed by atoms with E-state index >= 15 is 0 Å². The van der Waals surface area contributed by atoms with E-state index in [-0.39, 0.29) is 64.2 Å². The molecule has 0 aliphatic heterocycles. The minimum atomic E-state index is -4.62. The summed E-state index contributed by atoms with van der Waals surface area (Å²) in [5.41, 5.74) is 0.599. The minimum absolute atomic E-state index is 0.00335. The number of phenolic OH excluding ortho intramolecular Hbond substituents is 1. The van der Waals surface area contributed by atoms with E-state index in [0.717, 1.165) is 12.1 Å². The molecule has 1 aromatic heterocycles. The number of amides is 1. The number of aromatic nitrogens is 4. The molecule has 0 fully saturated rings. The number of hydrogen-bond donors (Lipinski definition) is 4. The molecule has 17 nitrogen and oxygen atoms in total. The van der Waals surface area contributed by atoms with Crippen molar-refractivity contribution in [1.29, 1.82) is 0 Å². The van der Waals surface area contributed by atoms with Crippen molar-refractivity contribution in [3.8, 4) is 22.9 Å². The highest BCUT2D eigenvalue weighted by Crippen LogP contribution is 2.48. The molecule has 1 heterocycles. The molecular formula is C35H22Br2N6O11S3. The van der Waals surface area contributed by atoms with Gasteiger partial charge in [-0.1, -0.05) is 65.3 Å². The molecule has 57 heavy (non-hydrogen) atoms. The Morgan fingerprint density at radius 3 is 2.32 bits per heavy atom. The lowest BCUT2D eigenvalue weighted by Crippen LogP contribution is -2.14. The highest BCUT2D eigenvalue weighted by molar-refractivity contribution is 9.11. The molecule has 0 aliphatic carbocycles. The lowest BCUT2D eigenvalue weighted by Gasteiger charge is -2.19. The van der Waals surface area contributed by atoms with Crippen molar-refractivity contribution in [2.45, 2.75) is 20.7 Å². The third-order valence-electron chi connectivity index (χ3n) is 8.26. The van der Waals surface area contributed by atoms with Gasteiger partial charge in [0, 0.05) is 48.6 Å². The number of hydrogen-bond acceptors (Lipinski definition) is 15. The summed E-state index contributed by atoms with van der Waals surface area (Å²) in [5.74, 6) is -0.970. The third-order valence-corrected chi connectivity index (χ3v) is 12.0. The van der Waals surface area contributed by atoms with Crippen LogP contribution in [0.3, 0.4) is 0 Å². The van der Waals surface area contributed by atoms with Gasteiger partial charge in [-0.25, -0.2) is 5.26 Å². The fourth-order valence-electron chi connectivity index (χ4n) is 5.81. The molecule has 7 rings (SSSR count). The molecule has 22 heteroatoms. The minimum Gasteiger partial charge on any atom is -0.505 e. The van der Waals surface area contributed by atoms with Crippen molar-refractivity contribution in [2.75, 3.05) is 5.32 Å². The number of para-hydroxylation sites is 1. The molecular weight excluding hydrogens is 936 g/mol. The highest BCUT2D eigenvalue weighted by Gasteiger charge is 2.26. The molecule has 1 amide bonds. The molecule has 0 saturated heterocycles. The second-order valence-corrected chi connectivity index (χ2v) is 16.5. The van der Waals surface area contributed by atoms with Crippen LogP contribution in [0.2, 0.25) is 0 Å². The number of tetrazole rings is 1. The van der Waals surface area contributed by atoms with Crippen LogP contribution in [-0.4, -0.2) is 54.4 Å². The van der Waals surface area contributed by atoms with E-state index in [1.165, 1.54) is 34.6 Å². The molecule has 4 N–H and O–H groups in total. The molecule has 0 bridgehead atoms. The monoisotopic (exact) mass is 956 g/mol. The first-order valence-electron chi connectivity index (χ1n) is 15.9. The van der Waals surface area contributed by atoms with E-state index in [1.54, 1.807) is 36.4 Å². The average molecular weight is 959 g/mol. The number of nitrogens with one attached hydrogen (secondary N) is 1. The number of benzene rings is 6. The van der Waals surface area contributed by atoms with Crippen molar-refractivity contribution < 1.29 is 47.2 Å². The number of nitrogens with zero attached hydrogens (tertiary/aromatic N) is 5. The van der Waals surface area contributed by atoms with E-state index in [9.17, 15) is 33.0 Å². The number of halogens is 2. The Balaban J connectivity index is 1.38. The number of carbonyl (C=O) groups excluding carboxylic acids is 1. The lowest BCUT2D eigenvalue weighted by molar-refractivity contribution is -0.432. The fourth-order valence-corrected chi connectivity index (χ4v) is 9.59. The van der Waals surface area contributed by atoms with Crippen molar-refractivity contribution in [3.05, 3.63) is 127 Å². The van der Waals surface area contributed by atoms with Crippen LogP contribution in [-0.2, 0) is 25.2 Å². The summed E-state index contributed by atoms with van der Waals surface area (Å²) in [6.07, 6.45) is 0. The van der Waals surface area contributed by atoms with Crippen LogP contribution >= 0.6 is 55.7 Å². The zero-order valence-corrected chi connectivity index (χ0v) is 33.9. The van der Waals surface area contributed by atoms with Gasteiger partial charge < -0.3 is 15.2 Å². The standard InChI is InChI=1S/C35H22Br2N6O11S3/c36-24-14-20(57(49,50)51)15-25(37)31(24)34(45)38-26-16-28(30-23(32(26)44)11-6-12-29(30)56-54-53-48)52-33-18(13-27(43(46)47)21-9-4-5-10-22(21)33)17-55-35-39-40-41-42(35)19-7-2-1-3-8-19/h1-16,44,48H,17H2,(H,38,45)(H,49,50,51). The Hall–Kier alpha value is -5.17. The summed E-state index contributed by atoms with van der Waals surface area (Å²) in [6, 6.07) is 25.1. The number of anilines is 1. The quantitative estimate of drug-likeness (QED) is 0.0160. The van der Waals surface area contributed by atoms with Crippen molar-refractivity contribution >= 4 is 105 Å². The van der Waals surface area contributed by atoms with Gasteiger partial charge in [-0.05, 0) is 78.7 Å². The number of nitro benzene ring substituents is 1. The van der Waals surface area contributed by atoms with Gasteiger partial charge in [-0.15, -0.1) is 9.43 Å². The molecule has 0 unspecified atom stereocenters. The number of fused-ring (bicyclic) bond motifs is 2.